The first kappa shape index (κ1) is 21.4. The minimum Gasteiger partial charge on any atom is -0.377 e. The zero-order chi connectivity index (χ0) is 23.4. The Bertz CT molecular complexity index is 1400. The third-order valence-electron chi connectivity index (χ3n) is 6.43. The van der Waals surface area contributed by atoms with Crippen LogP contribution in [0.1, 0.15) is 23.7 Å². The maximum Gasteiger partial charge on any atom is 0.267 e. The smallest absolute Gasteiger partial charge is 0.267 e. The van der Waals surface area contributed by atoms with Crippen LogP contribution >= 0.6 is 11.3 Å². The zero-order valence-corrected chi connectivity index (χ0v) is 19.2. The number of carbonyl (C=O) groups excluding carboxylic acids is 1. The van der Waals surface area contributed by atoms with E-state index in [4.69, 9.17) is 14.7 Å². The fourth-order valence-corrected chi connectivity index (χ4v) is 5.63. The Morgan fingerprint density at radius 2 is 2.18 bits per heavy atom. The van der Waals surface area contributed by atoms with Gasteiger partial charge in [0.1, 0.15) is 11.2 Å². The van der Waals surface area contributed by atoms with Crippen LogP contribution in [0.4, 0.5) is 14.6 Å². The van der Waals surface area contributed by atoms with Gasteiger partial charge in [0.05, 0.1) is 36.1 Å². The Labute approximate surface area is 197 Å². The van der Waals surface area contributed by atoms with Crippen LogP contribution in [0.3, 0.4) is 0 Å². The van der Waals surface area contributed by atoms with E-state index in [2.05, 4.69) is 21.8 Å². The molecule has 0 aliphatic carbocycles. The summed E-state index contributed by atoms with van der Waals surface area (Å²) in [5.41, 5.74) is 2.32. The molecule has 0 unspecified atom stereocenters. The fourth-order valence-electron chi connectivity index (χ4n) is 4.65. The second-order valence-electron chi connectivity index (χ2n) is 8.75. The Balaban J connectivity index is 1.53. The second kappa shape index (κ2) is 7.95. The van der Waals surface area contributed by atoms with E-state index in [0.717, 1.165) is 21.5 Å². The van der Waals surface area contributed by atoms with Crippen LogP contribution in [0.2, 0.25) is 0 Å². The number of fused-ring (bicyclic) bond motifs is 2. The van der Waals surface area contributed by atoms with E-state index in [1.54, 1.807) is 17.8 Å². The SMILES string of the molecule is C[C@@H]1COCCN1c1nc(-c2ccnc3[nH]ccc23)nc2c(C(=O)N3CCC(F)(F)C3)csc12. The topological polar surface area (TPSA) is 87.2 Å². The van der Waals surface area contributed by atoms with Crippen molar-refractivity contribution in [3.8, 4) is 11.4 Å². The number of carbonyl (C=O) groups is 1. The van der Waals surface area contributed by atoms with E-state index in [0.29, 0.717) is 42.3 Å². The van der Waals surface area contributed by atoms with Crippen LogP contribution in [-0.4, -0.2) is 75.6 Å². The molecule has 4 aromatic rings. The number of hydrogen-bond donors (Lipinski definition) is 1. The number of aromatic amines is 1. The number of aromatic nitrogens is 4. The number of nitrogens with zero attached hydrogens (tertiary/aromatic N) is 5. The van der Waals surface area contributed by atoms with E-state index >= 15 is 0 Å². The summed E-state index contributed by atoms with van der Waals surface area (Å²) >= 11 is 1.37. The van der Waals surface area contributed by atoms with E-state index in [1.807, 2.05) is 12.1 Å². The number of amides is 1. The summed E-state index contributed by atoms with van der Waals surface area (Å²) in [6.45, 7) is 3.32. The average Bonchev–Trinajstić information content (AvgIpc) is 3.56. The van der Waals surface area contributed by atoms with Gasteiger partial charge in [-0.1, -0.05) is 0 Å². The molecule has 6 rings (SSSR count). The van der Waals surface area contributed by atoms with Gasteiger partial charge in [-0.2, -0.15) is 0 Å². The van der Waals surface area contributed by atoms with Crippen molar-refractivity contribution in [2.75, 3.05) is 37.7 Å². The predicted molar refractivity (Wildman–Crippen MR) is 126 cm³/mol. The molecule has 1 amide bonds. The molecule has 0 spiro atoms. The van der Waals surface area contributed by atoms with Gasteiger partial charge in [-0.15, -0.1) is 11.3 Å². The molecule has 8 nitrogen and oxygen atoms in total. The highest BCUT2D eigenvalue weighted by atomic mass is 32.1. The lowest BCUT2D eigenvalue weighted by Crippen LogP contribution is -2.44. The summed E-state index contributed by atoms with van der Waals surface area (Å²) in [7, 11) is 0. The minimum atomic E-state index is -2.85. The third kappa shape index (κ3) is 3.50. The normalized spacial score (nSPS) is 20.5. The molecule has 1 N–H and O–H groups in total. The number of pyridine rings is 1. The van der Waals surface area contributed by atoms with Crippen molar-refractivity contribution < 1.29 is 18.3 Å². The molecule has 4 aromatic heterocycles. The quantitative estimate of drug-likeness (QED) is 0.474. The Hall–Kier alpha value is -3.18. The number of nitrogens with one attached hydrogen (secondary N) is 1. The number of likely N-dealkylation sites (tertiary alicyclic amines) is 1. The van der Waals surface area contributed by atoms with Crippen molar-refractivity contribution in [3.63, 3.8) is 0 Å². The molecular weight excluding hydrogens is 462 g/mol. The maximum atomic E-state index is 13.8. The summed E-state index contributed by atoms with van der Waals surface area (Å²) < 4.78 is 34.0. The van der Waals surface area contributed by atoms with Crippen molar-refractivity contribution >= 4 is 44.3 Å². The van der Waals surface area contributed by atoms with Crippen molar-refractivity contribution in [3.05, 3.63) is 35.5 Å². The zero-order valence-electron chi connectivity index (χ0n) is 18.4. The summed E-state index contributed by atoms with van der Waals surface area (Å²) in [5, 5.41) is 2.58. The summed E-state index contributed by atoms with van der Waals surface area (Å²) in [4.78, 5) is 33.9. The van der Waals surface area contributed by atoms with E-state index in [-0.39, 0.29) is 19.0 Å². The van der Waals surface area contributed by atoms with E-state index < -0.39 is 18.4 Å². The Morgan fingerprint density at radius 3 is 2.97 bits per heavy atom. The second-order valence-corrected chi connectivity index (χ2v) is 9.63. The summed E-state index contributed by atoms with van der Waals surface area (Å²) in [6, 6.07) is 3.84. The van der Waals surface area contributed by atoms with Gasteiger partial charge in [-0.3, -0.25) is 4.79 Å². The van der Waals surface area contributed by atoms with E-state index in [9.17, 15) is 13.6 Å². The first-order valence-electron chi connectivity index (χ1n) is 11.1. The number of anilines is 1. The van der Waals surface area contributed by atoms with Crippen LogP contribution in [0.15, 0.2) is 29.9 Å². The minimum absolute atomic E-state index is 0.0306. The lowest BCUT2D eigenvalue weighted by atomic mass is 10.1. The number of alkyl halides is 2. The molecule has 0 aromatic carbocycles. The molecular formula is C23H22F2N6O2S. The highest BCUT2D eigenvalue weighted by Crippen LogP contribution is 2.38. The number of morpholine rings is 1. The highest BCUT2D eigenvalue weighted by molar-refractivity contribution is 7.18. The molecule has 2 aliphatic rings. The molecule has 11 heteroatoms. The van der Waals surface area contributed by atoms with Gasteiger partial charge >= 0.3 is 0 Å². The summed E-state index contributed by atoms with van der Waals surface area (Å²) in [5.74, 6) is -2.08. The number of halogens is 2. The lowest BCUT2D eigenvalue weighted by molar-refractivity contribution is 0.0120. The van der Waals surface area contributed by atoms with Gasteiger partial charge in [0, 0.05) is 48.2 Å². The number of thiophene rings is 1. The average molecular weight is 485 g/mol. The van der Waals surface area contributed by atoms with Gasteiger partial charge in [-0.25, -0.2) is 23.7 Å². The molecule has 0 bridgehead atoms. The van der Waals surface area contributed by atoms with Crippen LogP contribution in [-0.2, 0) is 4.74 Å². The number of ether oxygens (including phenoxy) is 1. The summed E-state index contributed by atoms with van der Waals surface area (Å²) in [6.07, 6.45) is 3.17. The van der Waals surface area contributed by atoms with Gasteiger partial charge in [-0.05, 0) is 19.1 Å². The third-order valence-corrected chi connectivity index (χ3v) is 7.39. The largest absolute Gasteiger partial charge is 0.377 e. The van der Waals surface area contributed by atoms with Gasteiger partial charge < -0.3 is 19.5 Å². The number of H-pyrrole nitrogens is 1. The molecule has 34 heavy (non-hydrogen) atoms. The van der Waals surface area contributed by atoms with Gasteiger partial charge in [0.2, 0.25) is 0 Å². The molecule has 2 fully saturated rings. The Kier molecular flexibility index (Phi) is 4.99. The molecule has 2 aliphatic heterocycles. The van der Waals surface area contributed by atoms with Gasteiger partial charge in [0.25, 0.3) is 11.8 Å². The van der Waals surface area contributed by atoms with Crippen molar-refractivity contribution in [2.45, 2.75) is 25.3 Å². The van der Waals surface area contributed by atoms with Crippen molar-refractivity contribution in [1.82, 2.24) is 24.8 Å². The standard InChI is InChI=1S/C23H22F2N6O2S/c1-13-10-33-9-8-31(13)21-18-17(16(11-34-18)22(32)30-7-4-23(24,25)12-30)28-20(29-21)15-3-6-27-19-14(15)2-5-26-19/h2-3,5-6,11,13H,4,7-10,12H2,1H3,(H,26,27)/t13-/m1/s1. The van der Waals surface area contributed by atoms with Gasteiger partial charge in [0.15, 0.2) is 11.6 Å². The molecule has 1 atom stereocenters. The highest BCUT2D eigenvalue weighted by Gasteiger charge is 2.41. The fraction of sp³-hybridized carbons (Fsp3) is 0.391. The lowest BCUT2D eigenvalue weighted by Gasteiger charge is -2.34. The molecule has 0 saturated carbocycles. The van der Waals surface area contributed by atoms with Crippen LogP contribution in [0.25, 0.3) is 32.6 Å². The molecule has 0 radical (unpaired) electrons. The molecule has 2 saturated heterocycles. The monoisotopic (exact) mass is 484 g/mol. The van der Waals surface area contributed by atoms with Crippen LogP contribution in [0.5, 0.6) is 0 Å². The first-order valence-corrected chi connectivity index (χ1v) is 12.0. The van der Waals surface area contributed by atoms with Crippen LogP contribution < -0.4 is 4.90 Å². The van der Waals surface area contributed by atoms with Crippen molar-refractivity contribution in [1.29, 1.82) is 0 Å². The van der Waals surface area contributed by atoms with E-state index in [1.165, 1.54) is 16.2 Å². The molecule has 176 valence electrons. The predicted octanol–water partition coefficient (Wildman–Crippen LogP) is 3.94. The Morgan fingerprint density at radius 1 is 1.29 bits per heavy atom. The van der Waals surface area contributed by atoms with Crippen molar-refractivity contribution in [2.24, 2.45) is 0 Å². The number of rotatable bonds is 3. The number of hydrogen-bond acceptors (Lipinski definition) is 7. The molecule has 6 heterocycles. The maximum absolute atomic E-state index is 13.8. The first-order chi connectivity index (χ1) is 16.4. The van der Waals surface area contributed by atoms with Crippen LogP contribution in [0, 0.1) is 0 Å².